The van der Waals surface area contributed by atoms with Gasteiger partial charge in [0, 0.05) is 18.7 Å². The van der Waals surface area contributed by atoms with Crippen molar-refractivity contribution in [2.75, 3.05) is 26.2 Å². The van der Waals surface area contributed by atoms with E-state index in [2.05, 4.69) is 5.32 Å². The normalized spacial score (nSPS) is 21.8. The van der Waals surface area contributed by atoms with Gasteiger partial charge in [0.15, 0.2) is 0 Å². The minimum Gasteiger partial charge on any atom is -0.338 e. The van der Waals surface area contributed by atoms with E-state index in [-0.39, 0.29) is 11.7 Å². The van der Waals surface area contributed by atoms with Crippen molar-refractivity contribution in [1.29, 1.82) is 0 Å². The summed E-state index contributed by atoms with van der Waals surface area (Å²) in [5.74, 6) is -0.378. The number of benzene rings is 1. The largest absolute Gasteiger partial charge is 0.338 e. The van der Waals surface area contributed by atoms with Crippen molar-refractivity contribution in [2.24, 2.45) is 5.41 Å². The van der Waals surface area contributed by atoms with Crippen LogP contribution in [0, 0.1) is 11.2 Å². The molecule has 0 bridgehead atoms. The Morgan fingerprint density at radius 2 is 2.05 bits per heavy atom. The van der Waals surface area contributed by atoms with Crippen LogP contribution in [0.1, 0.15) is 29.6 Å². The Morgan fingerprint density at radius 1 is 1.26 bits per heavy atom. The van der Waals surface area contributed by atoms with Crippen LogP contribution in [-0.4, -0.2) is 37.0 Å². The van der Waals surface area contributed by atoms with Gasteiger partial charge in [0.1, 0.15) is 5.82 Å². The van der Waals surface area contributed by atoms with E-state index >= 15 is 0 Å². The first-order chi connectivity index (χ1) is 9.19. The Morgan fingerprint density at radius 3 is 2.79 bits per heavy atom. The second kappa shape index (κ2) is 4.93. The standard InChI is InChI=1S/C15H19FN2O/c16-13-3-1-2-12(10-13)14(19)18-9-6-15(11-18)4-7-17-8-5-15/h1-3,10,17H,4-9,11H2. The lowest BCUT2D eigenvalue weighted by Crippen LogP contribution is -2.39. The average molecular weight is 262 g/mol. The molecule has 102 valence electrons. The molecule has 3 nitrogen and oxygen atoms in total. The molecule has 2 fully saturated rings. The van der Waals surface area contributed by atoms with Crippen LogP contribution in [0.3, 0.4) is 0 Å². The number of likely N-dealkylation sites (tertiary alicyclic amines) is 1. The van der Waals surface area contributed by atoms with Gasteiger partial charge in [-0.05, 0) is 56.0 Å². The van der Waals surface area contributed by atoms with Crippen LogP contribution >= 0.6 is 0 Å². The number of carbonyl (C=O) groups excluding carboxylic acids is 1. The van der Waals surface area contributed by atoms with Crippen molar-refractivity contribution >= 4 is 5.91 Å². The van der Waals surface area contributed by atoms with Crippen LogP contribution in [0.15, 0.2) is 24.3 Å². The smallest absolute Gasteiger partial charge is 0.253 e. The number of halogens is 1. The van der Waals surface area contributed by atoms with Crippen molar-refractivity contribution in [3.8, 4) is 0 Å². The summed E-state index contributed by atoms with van der Waals surface area (Å²) in [6.07, 6.45) is 3.36. The first-order valence-electron chi connectivity index (χ1n) is 6.94. The summed E-state index contributed by atoms with van der Waals surface area (Å²) < 4.78 is 13.2. The summed E-state index contributed by atoms with van der Waals surface area (Å²) in [6, 6.07) is 5.99. The summed E-state index contributed by atoms with van der Waals surface area (Å²) in [6.45, 7) is 3.71. The molecular formula is C15H19FN2O. The molecule has 2 heterocycles. The highest BCUT2D eigenvalue weighted by atomic mass is 19.1. The zero-order valence-electron chi connectivity index (χ0n) is 11.0. The molecule has 0 unspecified atom stereocenters. The molecule has 3 rings (SSSR count). The molecule has 1 amide bonds. The fourth-order valence-corrected chi connectivity index (χ4v) is 3.28. The third-order valence-corrected chi connectivity index (χ3v) is 4.46. The summed E-state index contributed by atoms with van der Waals surface area (Å²) in [5, 5.41) is 3.37. The number of piperidine rings is 1. The molecule has 0 aromatic heterocycles. The van der Waals surface area contributed by atoms with Crippen molar-refractivity contribution in [1.82, 2.24) is 10.2 Å². The number of hydrogen-bond acceptors (Lipinski definition) is 2. The molecule has 2 aliphatic rings. The maximum Gasteiger partial charge on any atom is 0.253 e. The predicted octanol–water partition coefficient (Wildman–Crippen LogP) is 2.04. The average Bonchev–Trinajstić information content (AvgIpc) is 2.82. The van der Waals surface area contributed by atoms with Gasteiger partial charge in [0.2, 0.25) is 0 Å². The number of hydrogen-bond donors (Lipinski definition) is 1. The van der Waals surface area contributed by atoms with Crippen LogP contribution in [0.25, 0.3) is 0 Å². The molecular weight excluding hydrogens is 243 g/mol. The first-order valence-corrected chi connectivity index (χ1v) is 6.94. The van der Waals surface area contributed by atoms with Gasteiger partial charge >= 0.3 is 0 Å². The van der Waals surface area contributed by atoms with E-state index in [0.29, 0.717) is 11.0 Å². The fraction of sp³-hybridized carbons (Fsp3) is 0.533. The Hall–Kier alpha value is -1.42. The highest BCUT2D eigenvalue weighted by Crippen LogP contribution is 2.38. The molecule has 0 aliphatic carbocycles. The van der Waals surface area contributed by atoms with Gasteiger partial charge in [0.25, 0.3) is 5.91 Å². The van der Waals surface area contributed by atoms with Gasteiger partial charge in [-0.25, -0.2) is 4.39 Å². The van der Waals surface area contributed by atoms with Gasteiger partial charge in [-0.3, -0.25) is 4.79 Å². The van der Waals surface area contributed by atoms with Crippen molar-refractivity contribution in [3.63, 3.8) is 0 Å². The van der Waals surface area contributed by atoms with Crippen molar-refractivity contribution in [2.45, 2.75) is 19.3 Å². The highest BCUT2D eigenvalue weighted by molar-refractivity contribution is 5.94. The minimum absolute atomic E-state index is 0.0325. The highest BCUT2D eigenvalue weighted by Gasteiger charge is 2.40. The summed E-state index contributed by atoms with van der Waals surface area (Å²) in [5.41, 5.74) is 0.764. The second-order valence-electron chi connectivity index (χ2n) is 5.74. The van der Waals surface area contributed by atoms with Gasteiger partial charge in [-0.2, -0.15) is 0 Å². The molecule has 4 heteroatoms. The van der Waals surface area contributed by atoms with Crippen LogP contribution in [0.4, 0.5) is 4.39 Å². The lowest BCUT2D eigenvalue weighted by Gasteiger charge is -2.33. The maximum atomic E-state index is 13.2. The van der Waals surface area contributed by atoms with E-state index in [1.807, 2.05) is 4.90 Å². The third-order valence-electron chi connectivity index (χ3n) is 4.46. The maximum absolute atomic E-state index is 13.2. The Balaban J connectivity index is 1.72. The number of nitrogens with zero attached hydrogens (tertiary/aromatic N) is 1. The quantitative estimate of drug-likeness (QED) is 0.840. The van der Waals surface area contributed by atoms with Crippen molar-refractivity contribution < 1.29 is 9.18 Å². The van der Waals surface area contributed by atoms with Gasteiger partial charge in [0.05, 0.1) is 0 Å². The molecule has 2 aliphatic heterocycles. The SMILES string of the molecule is O=C(c1cccc(F)c1)N1CCC2(CCNCC2)C1. The number of nitrogens with one attached hydrogen (secondary N) is 1. The van der Waals surface area contributed by atoms with Gasteiger partial charge in [-0.15, -0.1) is 0 Å². The molecule has 1 spiro atoms. The zero-order chi connectivity index (χ0) is 13.3. The van der Waals surface area contributed by atoms with Crippen LogP contribution in [-0.2, 0) is 0 Å². The molecule has 1 aromatic rings. The third kappa shape index (κ3) is 2.50. The Kier molecular flexibility index (Phi) is 3.27. The predicted molar refractivity (Wildman–Crippen MR) is 71.5 cm³/mol. The van der Waals surface area contributed by atoms with E-state index in [1.54, 1.807) is 12.1 Å². The monoisotopic (exact) mass is 262 g/mol. The number of rotatable bonds is 1. The summed E-state index contributed by atoms with van der Waals surface area (Å²) >= 11 is 0. The van der Waals surface area contributed by atoms with Gasteiger partial charge in [-0.1, -0.05) is 6.07 Å². The van der Waals surface area contributed by atoms with E-state index in [9.17, 15) is 9.18 Å². The molecule has 0 radical (unpaired) electrons. The summed E-state index contributed by atoms with van der Waals surface area (Å²) in [4.78, 5) is 14.3. The summed E-state index contributed by atoms with van der Waals surface area (Å²) in [7, 11) is 0. The Bertz CT molecular complexity index is 483. The van der Waals surface area contributed by atoms with Crippen LogP contribution in [0.2, 0.25) is 0 Å². The fourth-order valence-electron chi connectivity index (χ4n) is 3.28. The second-order valence-corrected chi connectivity index (χ2v) is 5.74. The van der Waals surface area contributed by atoms with E-state index in [4.69, 9.17) is 0 Å². The van der Waals surface area contributed by atoms with Crippen LogP contribution in [0.5, 0.6) is 0 Å². The number of carbonyl (C=O) groups is 1. The molecule has 0 atom stereocenters. The first kappa shape index (κ1) is 12.6. The Labute approximate surface area is 112 Å². The molecule has 19 heavy (non-hydrogen) atoms. The van der Waals surface area contributed by atoms with Gasteiger partial charge < -0.3 is 10.2 Å². The van der Waals surface area contributed by atoms with E-state index < -0.39 is 0 Å². The molecule has 0 saturated carbocycles. The lowest BCUT2D eigenvalue weighted by atomic mass is 9.78. The topological polar surface area (TPSA) is 32.3 Å². The number of amides is 1. The van der Waals surface area contributed by atoms with Crippen molar-refractivity contribution in [3.05, 3.63) is 35.6 Å². The van der Waals surface area contributed by atoms with E-state index in [0.717, 1.165) is 45.4 Å². The van der Waals surface area contributed by atoms with E-state index in [1.165, 1.54) is 12.1 Å². The molecule has 2 saturated heterocycles. The molecule has 1 N–H and O–H groups in total. The minimum atomic E-state index is -0.346. The van der Waals surface area contributed by atoms with Crippen LogP contribution < -0.4 is 5.32 Å². The molecule has 1 aromatic carbocycles. The lowest BCUT2D eigenvalue weighted by molar-refractivity contribution is 0.0761. The zero-order valence-corrected chi connectivity index (χ0v) is 11.0.